The fourth-order valence-corrected chi connectivity index (χ4v) is 6.04. The van der Waals surface area contributed by atoms with Gasteiger partial charge < -0.3 is 0 Å². The van der Waals surface area contributed by atoms with E-state index in [0.717, 1.165) is 0 Å². The minimum atomic E-state index is -3.74. The van der Waals surface area contributed by atoms with Crippen molar-refractivity contribution < 1.29 is 25.1 Å². The van der Waals surface area contributed by atoms with E-state index in [2.05, 4.69) is 14.9 Å². The Morgan fingerprint density at radius 1 is 0.969 bits per heavy atom. The molecule has 172 valence electrons. The van der Waals surface area contributed by atoms with Gasteiger partial charge in [-0.3, -0.25) is 0 Å². The zero-order chi connectivity index (χ0) is 22.5. The van der Waals surface area contributed by atoms with E-state index < -0.39 is 34.2 Å². The van der Waals surface area contributed by atoms with Crippen molar-refractivity contribution in [2.75, 3.05) is 65.4 Å². The van der Waals surface area contributed by atoms with E-state index in [4.69, 9.17) is 10.6 Å². The molecule has 2 atom stereocenters. The number of aromatic nitrogens is 2. The summed E-state index contributed by atoms with van der Waals surface area (Å²) < 4.78 is 18.2. The summed E-state index contributed by atoms with van der Waals surface area (Å²) in [5.74, 6) is -0.910. The average molecular weight is 506 g/mol. The Morgan fingerprint density at radius 2 is 1.53 bits per heavy atom. The van der Waals surface area contributed by atoms with E-state index in [1.54, 1.807) is 0 Å². The van der Waals surface area contributed by atoms with E-state index in [0.29, 0.717) is 51.7 Å². The van der Waals surface area contributed by atoms with Gasteiger partial charge in [0.25, 0.3) is 0 Å². The number of aliphatic imine (C=N–C) groups is 1. The van der Waals surface area contributed by atoms with Crippen molar-refractivity contribution in [3.05, 3.63) is 22.5 Å². The second kappa shape index (κ2) is 10.4. The summed E-state index contributed by atoms with van der Waals surface area (Å²) >= 11 is -3.74. The molecular weight excluding hydrogens is 482 g/mol. The standard InChI is InChI=1S/C17H27N7O7.Ga/c25-14(18-1-3-23-4-2-19-17(23)24(30)31)11-20-5-7-21(12-15(26)27)9-10-22(8-6-20)13-16(28)29;/h2,4H,1,3,5-13H2,(H,18,25)(H,26,27)(H,28,29);/q;+3/p-3/i;1-2. The summed E-state index contributed by atoms with van der Waals surface area (Å²) in [6, 6.07) is 0. The van der Waals surface area contributed by atoms with E-state index in [-0.39, 0.29) is 32.1 Å². The molecule has 0 spiro atoms. The van der Waals surface area contributed by atoms with Gasteiger partial charge in [-0.25, -0.2) is 0 Å². The van der Waals surface area contributed by atoms with Gasteiger partial charge in [0.2, 0.25) is 0 Å². The van der Waals surface area contributed by atoms with Crippen LogP contribution >= 0.6 is 0 Å². The van der Waals surface area contributed by atoms with Gasteiger partial charge in [0.05, 0.1) is 0 Å². The van der Waals surface area contributed by atoms with Crippen molar-refractivity contribution in [2.24, 2.45) is 4.99 Å². The SMILES string of the molecule is O=C1CN2CCN3CCN(CC2)CC(=NCCn2ccnc2[N+](=O)[O-])[O][68Ga]([O]1)[O]C(=O)C3. The van der Waals surface area contributed by atoms with Crippen molar-refractivity contribution in [1.82, 2.24) is 24.3 Å². The van der Waals surface area contributed by atoms with E-state index in [1.165, 1.54) is 17.0 Å². The molecule has 0 radical (unpaired) electrons. The third-order valence-electron chi connectivity index (χ3n) is 5.44. The molecule has 4 bridgehead atoms. The quantitative estimate of drug-likeness (QED) is 0.260. The van der Waals surface area contributed by atoms with Gasteiger partial charge >= 0.3 is 190 Å². The number of carbonyl (C=O) groups is 2. The topological polar surface area (TPSA) is 145 Å². The third-order valence-corrected chi connectivity index (χ3v) is 8.32. The maximum absolute atomic E-state index is 12.4. The Morgan fingerprint density at radius 3 is 2.09 bits per heavy atom. The van der Waals surface area contributed by atoms with Crippen molar-refractivity contribution in [3.63, 3.8) is 0 Å². The van der Waals surface area contributed by atoms with Crippen LogP contribution in [-0.2, 0) is 26.7 Å². The van der Waals surface area contributed by atoms with Crippen LogP contribution in [0.2, 0.25) is 0 Å². The first-order valence-electron chi connectivity index (χ1n) is 10.4. The average Bonchev–Trinajstić information content (AvgIpc) is 3.20. The van der Waals surface area contributed by atoms with Crippen LogP contribution < -0.4 is 0 Å². The van der Waals surface area contributed by atoms with Crippen LogP contribution in [0.3, 0.4) is 0 Å². The normalized spacial score (nSPS) is 27.9. The summed E-state index contributed by atoms with van der Waals surface area (Å²) in [6.45, 7) is 5.04. The Balaban J connectivity index is 1.57. The second-order valence-corrected chi connectivity index (χ2v) is 10.4. The van der Waals surface area contributed by atoms with Gasteiger partial charge in [-0.2, -0.15) is 0 Å². The number of nitrogens with zero attached hydrogens (tertiary/aromatic N) is 7. The molecule has 5 rings (SSSR count). The molecule has 4 aliphatic rings. The van der Waals surface area contributed by atoms with Gasteiger partial charge in [-0.1, -0.05) is 0 Å². The summed E-state index contributed by atoms with van der Waals surface area (Å²) in [5.41, 5.74) is 0. The van der Waals surface area contributed by atoms with E-state index in [1.807, 2.05) is 9.80 Å². The summed E-state index contributed by atoms with van der Waals surface area (Å²) in [4.78, 5) is 49.7. The molecule has 14 nitrogen and oxygen atoms in total. The van der Waals surface area contributed by atoms with Crippen molar-refractivity contribution >= 4 is 41.1 Å². The zero-order valence-electron chi connectivity index (χ0n) is 17.5. The molecule has 1 aromatic heterocycles. The number of carbonyl (C=O) groups excluding carboxylic acids is 2. The molecule has 2 unspecified atom stereocenters. The number of fused-ring (bicyclic) bond motifs is 9. The molecular formula is C17H24GaN7O7. The van der Waals surface area contributed by atoms with Crippen molar-refractivity contribution in [3.8, 4) is 0 Å². The molecule has 32 heavy (non-hydrogen) atoms. The van der Waals surface area contributed by atoms with Crippen LogP contribution in [0.1, 0.15) is 0 Å². The summed E-state index contributed by atoms with van der Waals surface area (Å²) in [5, 5.41) is 11.0. The molecule has 4 fully saturated rings. The Hall–Kier alpha value is -2.46. The number of imidazole rings is 1. The van der Waals surface area contributed by atoms with Gasteiger partial charge in [0.15, 0.2) is 0 Å². The number of hydrogen-bond acceptors (Lipinski definition) is 12. The van der Waals surface area contributed by atoms with Crippen LogP contribution in [0.15, 0.2) is 17.4 Å². The first-order chi connectivity index (χ1) is 15.5. The monoisotopic (exact) mass is 506 g/mol. The Kier molecular flexibility index (Phi) is 7.41. The third kappa shape index (κ3) is 6.07. The number of rotatable bonds is 4. The molecule has 4 aliphatic heterocycles. The predicted molar refractivity (Wildman–Crippen MR) is 110 cm³/mol. The molecule has 1 aromatic rings. The summed E-state index contributed by atoms with van der Waals surface area (Å²) in [7, 11) is 0. The zero-order valence-corrected chi connectivity index (χ0v) is 19.9. The maximum atomic E-state index is 12.4. The number of hydrogen-bond donors (Lipinski definition) is 0. The minimum absolute atomic E-state index is 0.112. The molecule has 0 aromatic carbocycles. The van der Waals surface area contributed by atoms with Crippen molar-refractivity contribution in [1.29, 1.82) is 0 Å². The molecule has 0 N–H and O–H groups in total. The molecule has 15 heteroatoms. The molecule has 0 amide bonds. The molecule has 0 saturated carbocycles. The van der Waals surface area contributed by atoms with Crippen LogP contribution in [0.4, 0.5) is 5.95 Å². The Bertz CT molecular complexity index is 862. The number of nitro groups is 1. The van der Waals surface area contributed by atoms with Crippen LogP contribution in [0.5, 0.6) is 0 Å². The van der Waals surface area contributed by atoms with Gasteiger partial charge in [0, 0.05) is 0 Å². The van der Waals surface area contributed by atoms with Gasteiger partial charge in [-0.05, 0) is 0 Å². The first kappa shape index (κ1) is 22.7. The fourth-order valence-electron chi connectivity index (χ4n) is 3.74. The predicted octanol–water partition coefficient (Wildman–Crippen LogP) is -1.78. The first-order valence-corrected chi connectivity index (χ1v) is 13.3. The molecule has 4 saturated heterocycles. The van der Waals surface area contributed by atoms with Crippen LogP contribution in [-0.4, -0.2) is 130 Å². The van der Waals surface area contributed by atoms with Crippen LogP contribution in [0, 0.1) is 10.1 Å². The molecule has 5 heterocycles. The van der Waals surface area contributed by atoms with Gasteiger partial charge in [-0.15, -0.1) is 0 Å². The Labute approximate surface area is 190 Å². The van der Waals surface area contributed by atoms with E-state index in [9.17, 15) is 19.7 Å². The summed E-state index contributed by atoms with van der Waals surface area (Å²) in [6.07, 6.45) is 2.86. The van der Waals surface area contributed by atoms with Crippen LogP contribution in [0.25, 0.3) is 0 Å². The van der Waals surface area contributed by atoms with Crippen molar-refractivity contribution in [2.45, 2.75) is 6.54 Å². The fraction of sp³-hybridized carbons (Fsp3) is 0.647. The van der Waals surface area contributed by atoms with Gasteiger partial charge in [0.1, 0.15) is 0 Å². The second-order valence-electron chi connectivity index (χ2n) is 7.67. The molecule has 0 aliphatic carbocycles. The van der Waals surface area contributed by atoms with E-state index >= 15 is 0 Å².